The van der Waals surface area contributed by atoms with Gasteiger partial charge < -0.3 is 10.6 Å². The van der Waals surface area contributed by atoms with Crippen molar-refractivity contribution in [3.05, 3.63) is 28.3 Å². The Balaban J connectivity index is 1.68. The number of fused-ring (bicyclic) bond motifs is 2. The number of benzene rings is 1. The predicted molar refractivity (Wildman–Crippen MR) is 113 cm³/mol. The highest BCUT2D eigenvalue weighted by molar-refractivity contribution is 7.90. The third-order valence-corrected chi connectivity index (χ3v) is 7.23. The zero-order valence-corrected chi connectivity index (χ0v) is 18.1. The third-order valence-electron chi connectivity index (χ3n) is 5.57. The van der Waals surface area contributed by atoms with E-state index in [1.54, 1.807) is 0 Å². The molecule has 2 amide bonds. The highest BCUT2D eigenvalue weighted by Crippen LogP contribution is 2.38. The second-order valence-corrected chi connectivity index (χ2v) is 10.6. The Hall–Kier alpha value is -1.60. The van der Waals surface area contributed by atoms with Gasteiger partial charge in [-0.25, -0.2) is 17.9 Å². The summed E-state index contributed by atoms with van der Waals surface area (Å²) >= 11 is 0. The van der Waals surface area contributed by atoms with E-state index in [-0.39, 0.29) is 5.75 Å². The van der Waals surface area contributed by atoms with Gasteiger partial charge in [-0.15, -0.1) is 0 Å². The predicted octanol–water partition coefficient (Wildman–Crippen LogP) is 3.14. The molecule has 0 bridgehead atoms. The molecule has 0 fully saturated rings. The van der Waals surface area contributed by atoms with Crippen LogP contribution in [0.5, 0.6) is 0 Å². The first-order valence-corrected chi connectivity index (χ1v) is 12.0. The maximum Gasteiger partial charge on any atom is 0.332 e. The SMILES string of the molecule is CCCNCC(C)(C)CS(=O)(=O)NC(=O)Nc1c2c(cc3c1CCC3)CCC2. The van der Waals surface area contributed by atoms with E-state index < -0.39 is 21.5 Å². The van der Waals surface area contributed by atoms with Crippen molar-refractivity contribution in [3.63, 3.8) is 0 Å². The molecule has 0 heterocycles. The fourth-order valence-electron chi connectivity index (χ4n) is 4.45. The number of urea groups is 1. The molecule has 2 aliphatic rings. The van der Waals surface area contributed by atoms with Gasteiger partial charge >= 0.3 is 6.03 Å². The molecule has 1 aromatic carbocycles. The van der Waals surface area contributed by atoms with Crippen LogP contribution in [0.25, 0.3) is 0 Å². The molecule has 156 valence electrons. The van der Waals surface area contributed by atoms with Crippen molar-refractivity contribution in [2.24, 2.45) is 5.41 Å². The van der Waals surface area contributed by atoms with Crippen molar-refractivity contribution in [2.75, 3.05) is 24.2 Å². The highest BCUT2D eigenvalue weighted by atomic mass is 32.2. The molecule has 28 heavy (non-hydrogen) atoms. The van der Waals surface area contributed by atoms with E-state index in [0.29, 0.717) is 6.54 Å². The summed E-state index contributed by atoms with van der Waals surface area (Å²) in [5.41, 5.74) is 5.40. The van der Waals surface area contributed by atoms with E-state index >= 15 is 0 Å². The summed E-state index contributed by atoms with van der Waals surface area (Å²) < 4.78 is 27.3. The Morgan fingerprint density at radius 3 is 2.25 bits per heavy atom. The maximum absolute atomic E-state index is 12.6. The van der Waals surface area contributed by atoms with Gasteiger partial charge in [0.05, 0.1) is 5.75 Å². The molecule has 0 saturated carbocycles. The summed E-state index contributed by atoms with van der Waals surface area (Å²) in [5, 5.41) is 6.15. The number of anilines is 1. The summed E-state index contributed by atoms with van der Waals surface area (Å²) in [7, 11) is -3.73. The average Bonchev–Trinajstić information content (AvgIpc) is 3.21. The third kappa shape index (κ3) is 5.06. The topological polar surface area (TPSA) is 87.3 Å². The zero-order valence-electron chi connectivity index (χ0n) is 17.3. The molecule has 0 spiro atoms. The molecule has 6 nitrogen and oxygen atoms in total. The van der Waals surface area contributed by atoms with Crippen LogP contribution in [0.4, 0.5) is 10.5 Å². The lowest BCUT2D eigenvalue weighted by atomic mass is 9.96. The van der Waals surface area contributed by atoms with Crippen LogP contribution in [0, 0.1) is 5.41 Å². The van der Waals surface area contributed by atoms with Crippen LogP contribution in [0.2, 0.25) is 0 Å². The molecule has 0 aromatic heterocycles. The van der Waals surface area contributed by atoms with Crippen LogP contribution < -0.4 is 15.4 Å². The molecule has 0 atom stereocenters. The van der Waals surface area contributed by atoms with Gasteiger partial charge in [-0.1, -0.05) is 26.8 Å². The lowest BCUT2D eigenvalue weighted by molar-refractivity contribution is 0.256. The number of rotatable bonds is 8. The van der Waals surface area contributed by atoms with Gasteiger partial charge in [0.25, 0.3) is 0 Å². The standard InChI is InChI=1S/C21H33N3O3S/c1-4-11-22-13-21(2,3)14-28(26,27)24-20(25)23-19-17-9-5-7-15(17)12-16-8-6-10-18(16)19/h12,22H,4-11,13-14H2,1-3H3,(H2,23,24,25). The minimum absolute atomic E-state index is 0.102. The van der Waals surface area contributed by atoms with Crippen molar-refractivity contribution < 1.29 is 13.2 Å². The van der Waals surface area contributed by atoms with Gasteiger partial charge in [-0.3, -0.25) is 0 Å². The van der Waals surface area contributed by atoms with Gasteiger partial charge in [-0.05, 0) is 79.2 Å². The van der Waals surface area contributed by atoms with Crippen molar-refractivity contribution >= 4 is 21.7 Å². The second-order valence-electron chi connectivity index (χ2n) is 8.89. The van der Waals surface area contributed by atoms with Crippen LogP contribution in [0.1, 0.15) is 62.3 Å². The van der Waals surface area contributed by atoms with E-state index in [0.717, 1.165) is 57.2 Å². The van der Waals surface area contributed by atoms with Crippen LogP contribution in [0.15, 0.2) is 6.07 Å². The Labute approximate surface area is 168 Å². The van der Waals surface area contributed by atoms with Gasteiger partial charge in [0.1, 0.15) is 0 Å². The van der Waals surface area contributed by atoms with Crippen molar-refractivity contribution in [2.45, 2.75) is 65.7 Å². The first-order chi connectivity index (χ1) is 13.2. The van der Waals surface area contributed by atoms with Crippen molar-refractivity contribution in [1.29, 1.82) is 0 Å². The number of nitrogens with one attached hydrogen (secondary N) is 3. The fraction of sp³-hybridized carbons (Fsp3) is 0.667. The second kappa shape index (κ2) is 8.41. The summed E-state index contributed by atoms with van der Waals surface area (Å²) in [6.07, 6.45) is 7.14. The van der Waals surface area contributed by atoms with E-state index in [9.17, 15) is 13.2 Å². The van der Waals surface area contributed by atoms with Crippen LogP contribution in [-0.2, 0) is 35.7 Å². The minimum atomic E-state index is -3.73. The molecule has 3 rings (SSSR count). The summed E-state index contributed by atoms with van der Waals surface area (Å²) in [4.78, 5) is 12.6. The maximum atomic E-state index is 12.6. The lowest BCUT2D eigenvalue weighted by Gasteiger charge is -2.25. The number of carbonyl (C=O) groups excluding carboxylic acids is 1. The fourth-order valence-corrected chi connectivity index (χ4v) is 5.99. The number of amides is 2. The molecule has 0 radical (unpaired) electrons. The van der Waals surface area contributed by atoms with Gasteiger partial charge in [-0.2, -0.15) is 0 Å². The first kappa shape index (κ1) is 21.1. The molecule has 0 aliphatic heterocycles. The number of sulfonamides is 1. The zero-order chi connectivity index (χ0) is 20.4. The molecular formula is C21H33N3O3S. The van der Waals surface area contributed by atoms with E-state index in [1.165, 1.54) is 22.3 Å². The van der Waals surface area contributed by atoms with Crippen LogP contribution >= 0.6 is 0 Å². The summed E-state index contributed by atoms with van der Waals surface area (Å²) in [6, 6.07) is 1.64. The average molecular weight is 408 g/mol. The van der Waals surface area contributed by atoms with Gasteiger partial charge in [0, 0.05) is 12.2 Å². The highest BCUT2D eigenvalue weighted by Gasteiger charge is 2.29. The summed E-state index contributed by atoms with van der Waals surface area (Å²) in [5.74, 6) is -0.102. The number of aryl methyl sites for hydroxylation is 2. The molecule has 1 aromatic rings. The van der Waals surface area contributed by atoms with Crippen molar-refractivity contribution in [1.82, 2.24) is 10.0 Å². The van der Waals surface area contributed by atoms with E-state index in [1.807, 2.05) is 13.8 Å². The first-order valence-electron chi connectivity index (χ1n) is 10.4. The van der Waals surface area contributed by atoms with Gasteiger partial charge in [0.2, 0.25) is 10.0 Å². The largest absolute Gasteiger partial charge is 0.332 e. The lowest BCUT2D eigenvalue weighted by Crippen LogP contribution is -2.43. The normalized spacial score (nSPS) is 16.0. The Kier molecular flexibility index (Phi) is 6.34. The monoisotopic (exact) mass is 407 g/mol. The van der Waals surface area contributed by atoms with Gasteiger partial charge in [0.15, 0.2) is 0 Å². The molecule has 3 N–H and O–H groups in total. The smallest absolute Gasteiger partial charge is 0.316 e. The quantitative estimate of drug-likeness (QED) is 0.578. The van der Waals surface area contributed by atoms with E-state index in [4.69, 9.17) is 0 Å². The molecule has 7 heteroatoms. The van der Waals surface area contributed by atoms with Crippen molar-refractivity contribution in [3.8, 4) is 0 Å². The Morgan fingerprint density at radius 1 is 1.07 bits per heavy atom. The number of hydrogen-bond acceptors (Lipinski definition) is 4. The molecule has 0 unspecified atom stereocenters. The Morgan fingerprint density at radius 2 is 1.68 bits per heavy atom. The van der Waals surface area contributed by atoms with Crippen LogP contribution in [-0.4, -0.2) is 33.3 Å². The minimum Gasteiger partial charge on any atom is -0.316 e. The van der Waals surface area contributed by atoms with E-state index in [2.05, 4.69) is 28.3 Å². The molecular weight excluding hydrogens is 374 g/mol. The number of hydrogen-bond donors (Lipinski definition) is 3. The van der Waals surface area contributed by atoms with Crippen LogP contribution in [0.3, 0.4) is 0 Å². The molecule has 2 aliphatic carbocycles. The Bertz CT molecular complexity index is 815. The molecule has 0 saturated heterocycles. The number of carbonyl (C=O) groups is 1. The summed E-state index contributed by atoms with van der Waals surface area (Å²) in [6.45, 7) is 7.29.